The highest BCUT2D eigenvalue weighted by atomic mass is 35.5. The fourth-order valence-corrected chi connectivity index (χ4v) is 1.89. The molecule has 5 nitrogen and oxygen atoms in total. The van der Waals surface area contributed by atoms with Gasteiger partial charge in [-0.15, -0.1) is 10.2 Å². The van der Waals surface area contributed by atoms with Gasteiger partial charge < -0.3 is 10.6 Å². The van der Waals surface area contributed by atoms with Crippen molar-refractivity contribution in [2.45, 2.75) is 26.2 Å². The van der Waals surface area contributed by atoms with Crippen LogP contribution in [0.25, 0.3) is 0 Å². The van der Waals surface area contributed by atoms with Gasteiger partial charge in [0.05, 0.1) is 10.7 Å². The summed E-state index contributed by atoms with van der Waals surface area (Å²) in [6.07, 6.45) is 2.35. The molecule has 6 heteroatoms. The van der Waals surface area contributed by atoms with Crippen LogP contribution >= 0.6 is 11.6 Å². The lowest BCUT2D eigenvalue weighted by molar-refractivity contribution is -0.116. The zero-order valence-corrected chi connectivity index (χ0v) is 12.5. The summed E-state index contributed by atoms with van der Waals surface area (Å²) in [4.78, 5) is 11.6. The molecule has 0 aliphatic rings. The van der Waals surface area contributed by atoms with Crippen molar-refractivity contribution in [1.29, 1.82) is 0 Å². The number of para-hydroxylation sites is 1. The number of carbonyl (C=O) groups is 1. The van der Waals surface area contributed by atoms with E-state index in [-0.39, 0.29) is 5.91 Å². The van der Waals surface area contributed by atoms with Crippen LogP contribution in [0, 0.1) is 0 Å². The number of hydrogen-bond acceptors (Lipinski definition) is 4. The fourth-order valence-electron chi connectivity index (χ4n) is 1.71. The molecule has 0 radical (unpaired) electrons. The molecule has 2 N–H and O–H groups in total. The zero-order valence-electron chi connectivity index (χ0n) is 11.8. The summed E-state index contributed by atoms with van der Waals surface area (Å²) in [5.41, 5.74) is 0.758. The molecule has 21 heavy (non-hydrogen) atoms. The molecule has 0 bridgehead atoms. The minimum atomic E-state index is -0.0436. The average molecular weight is 305 g/mol. The van der Waals surface area contributed by atoms with Gasteiger partial charge in [-0.1, -0.05) is 37.1 Å². The third-order valence-electron chi connectivity index (χ3n) is 2.83. The molecule has 0 unspecified atom stereocenters. The van der Waals surface area contributed by atoms with Gasteiger partial charge in [0.25, 0.3) is 0 Å². The number of rotatable bonds is 6. The second kappa shape index (κ2) is 7.59. The van der Waals surface area contributed by atoms with E-state index in [1.165, 1.54) is 0 Å². The van der Waals surface area contributed by atoms with Gasteiger partial charge >= 0.3 is 0 Å². The van der Waals surface area contributed by atoms with Gasteiger partial charge in [0.2, 0.25) is 5.91 Å². The Hall–Kier alpha value is -2.14. The molecule has 0 saturated heterocycles. The van der Waals surface area contributed by atoms with Crippen molar-refractivity contribution in [3.63, 3.8) is 0 Å². The van der Waals surface area contributed by atoms with Gasteiger partial charge in [0, 0.05) is 6.42 Å². The summed E-state index contributed by atoms with van der Waals surface area (Å²) < 4.78 is 0. The Labute approximate surface area is 128 Å². The summed E-state index contributed by atoms with van der Waals surface area (Å²) >= 11 is 6.06. The molecule has 2 aromatic rings. The zero-order chi connectivity index (χ0) is 15.1. The first kappa shape index (κ1) is 15.3. The summed E-state index contributed by atoms with van der Waals surface area (Å²) in [5.74, 6) is 0.966. The van der Waals surface area contributed by atoms with Crippen LogP contribution in [0.15, 0.2) is 36.4 Å². The Kier molecular flexibility index (Phi) is 5.51. The highest BCUT2D eigenvalue weighted by Gasteiger charge is 2.04. The van der Waals surface area contributed by atoms with Crippen molar-refractivity contribution in [2.24, 2.45) is 0 Å². The number of hydrogen-bond donors (Lipinski definition) is 2. The van der Waals surface area contributed by atoms with Gasteiger partial charge in [0.1, 0.15) is 0 Å². The van der Waals surface area contributed by atoms with E-state index in [2.05, 4.69) is 20.8 Å². The van der Waals surface area contributed by atoms with Gasteiger partial charge in [-0.3, -0.25) is 4.79 Å². The number of unbranched alkanes of at least 4 members (excludes halogenated alkanes) is 1. The maximum Gasteiger partial charge on any atom is 0.225 e. The Morgan fingerprint density at radius 1 is 1.14 bits per heavy atom. The largest absolute Gasteiger partial charge is 0.338 e. The minimum absolute atomic E-state index is 0.0436. The predicted molar refractivity (Wildman–Crippen MR) is 84.9 cm³/mol. The molecule has 2 rings (SSSR count). The SMILES string of the molecule is CCCCC(=O)Nc1ccc(Nc2ccccc2Cl)nn1. The second-order valence-corrected chi connectivity index (χ2v) is 4.97. The van der Waals surface area contributed by atoms with E-state index in [1.54, 1.807) is 18.2 Å². The Morgan fingerprint density at radius 3 is 2.52 bits per heavy atom. The summed E-state index contributed by atoms with van der Waals surface area (Å²) in [5, 5.41) is 14.4. The molecular weight excluding hydrogens is 288 g/mol. The minimum Gasteiger partial charge on any atom is -0.338 e. The van der Waals surface area contributed by atoms with Crippen molar-refractivity contribution < 1.29 is 4.79 Å². The van der Waals surface area contributed by atoms with Crippen molar-refractivity contribution in [1.82, 2.24) is 10.2 Å². The van der Waals surface area contributed by atoms with Crippen LogP contribution in [0.3, 0.4) is 0 Å². The Morgan fingerprint density at radius 2 is 1.86 bits per heavy atom. The molecular formula is C15H17ClN4O. The van der Waals surface area contributed by atoms with Crippen LogP contribution in [0.2, 0.25) is 5.02 Å². The summed E-state index contributed by atoms with van der Waals surface area (Å²) in [6.45, 7) is 2.04. The quantitative estimate of drug-likeness (QED) is 0.846. The number of amides is 1. The summed E-state index contributed by atoms with van der Waals surface area (Å²) in [7, 11) is 0. The van der Waals surface area contributed by atoms with Crippen LogP contribution in [-0.4, -0.2) is 16.1 Å². The molecule has 0 fully saturated rings. The van der Waals surface area contributed by atoms with Crippen LogP contribution < -0.4 is 10.6 Å². The molecule has 1 aromatic carbocycles. The smallest absolute Gasteiger partial charge is 0.225 e. The highest BCUT2D eigenvalue weighted by molar-refractivity contribution is 6.33. The molecule has 110 valence electrons. The van der Waals surface area contributed by atoms with Gasteiger partial charge in [-0.2, -0.15) is 0 Å². The first-order valence-corrected chi connectivity index (χ1v) is 7.22. The maximum atomic E-state index is 11.6. The first-order chi connectivity index (χ1) is 10.2. The number of anilines is 3. The van der Waals surface area contributed by atoms with Gasteiger partial charge in [-0.25, -0.2) is 0 Å². The fraction of sp³-hybridized carbons (Fsp3) is 0.267. The normalized spacial score (nSPS) is 10.2. The topological polar surface area (TPSA) is 66.9 Å². The lowest BCUT2D eigenvalue weighted by atomic mass is 10.2. The number of nitrogens with one attached hydrogen (secondary N) is 2. The molecule has 0 saturated carbocycles. The monoisotopic (exact) mass is 304 g/mol. The molecule has 0 spiro atoms. The molecule has 1 heterocycles. The number of benzene rings is 1. The molecule has 1 aromatic heterocycles. The van der Waals surface area contributed by atoms with Crippen LogP contribution in [-0.2, 0) is 4.79 Å². The molecule has 0 aliphatic heterocycles. The number of nitrogens with zero attached hydrogens (tertiary/aromatic N) is 2. The van der Waals surface area contributed by atoms with E-state index < -0.39 is 0 Å². The van der Waals surface area contributed by atoms with E-state index in [1.807, 2.05) is 25.1 Å². The number of aromatic nitrogens is 2. The lowest BCUT2D eigenvalue weighted by Crippen LogP contribution is -2.12. The van der Waals surface area contributed by atoms with E-state index in [4.69, 9.17) is 11.6 Å². The Bertz CT molecular complexity index is 601. The second-order valence-electron chi connectivity index (χ2n) is 4.56. The van der Waals surface area contributed by atoms with Crippen molar-refractivity contribution in [3.8, 4) is 0 Å². The van der Waals surface area contributed by atoms with Crippen LogP contribution in [0.1, 0.15) is 26.2 Å². The van der Waals surface area contributed by atoms with Gasteiger partial charge in [0.15, 0.2) is 11.6 Å². The molecule has 1 amide bonds. The highest BCUT2D eigenvalue weighted by Crippen LogP contribution is 2.23. The Balaban J connectivity index is 1.96. The predicted octanol–water partition coefficient (Wildman–Crippen LogP) is 4.00. The number of halogens is 1. The molecule has 0 aliphatic carbocycles. The van der Waals surface area contributed by atoms with Crippen LogP contribution in [0.5, 0.6) is 0 Å². The van der Waals surface area contributed by atoms with Crippen molar-refractivity contribution in [3.05, 3.63) is 41.4 Å². The van der Waals surface area contributed by atoms with Crippen LogP contribution in [0.4, 0.5) is 17.3 Å². The van der Waals surface area contributed by atoms with Crippen molar-refractivity contribution in [2.75, 3.05) is 10.6 Å². The number of carbonyl (C=O) groups excluding carboxylic acids is 1. The first-order valence-electron chi connectivity index (χ1n) is 6.84. The summed E-state index contributed by atoms with van der Waals surface area (Å²) in [6, 6.07) is 10.8. The third kappa shape index (κ3) is 4.72. The van der Waals surface area contributed by atoms with E-state index >= 15 is 0 Å². The van der Waals surface area contributed by atoms with E-state index in [0.29, 0.717) is 23.1 Å². The van der Waals surface area contributed by atoms with Gasteiger partial charge in [-0.05, 0) is 30.7 Å². The molecule has 0 atom stereocenters. The lowest BCUT2D eigenvalue weighted by Gasteiger charge is -2.07. The standard InChI is InChI=1S/C15H17ClN4O/c1-2-3-8-15(21)18-14-10-9-13(19-20-14)17-12-7-5-4-6-11(12)16/h4-7,9-10H,2-3,8H2,1H3,(H,17,19)(H,18,20,21). The maximum absolute atomic E-state index is 11.6. The van der Waals surface area contributed by atoms with E-state index in [9.17, 15) is 4.79 Å². The third-order valence-corrected chi connectivity index (χ3v) is 3.16. The average Bonchev–Trinajstić information content (AvgIpc) is 2.49. The van der Waals surface area contributed by atoms with Crippen molar-refractivity contribution >= 4 is 34.8 Å². The van der Waals surface area contributed by atoms with E-state index in [0.717, 1.165) is 18.5 Å².